The number of para-hydroxylation sites is 2. The van der Waals surface area contributed by atoms with Gasteiger partial charge in [-0.05, 0) is 12.1 Å². The molecule has 0 aliphatic rings. The number of ether oxygens (including phenoxy) is 3. The van der Waals surface area contributed by atoms with Gasteiger partial charge in [-0.3, -0.25) is 5.41 Å². The molecule has 0 unspecified atom stereocenters. The van der Waals surface area contributed by atoms with Crippen LogP contribution in [0.3, 0.4) is 0 Å². The van der Waals surface area contributed by atoms with Gasteiger partial charge in [0.05, 0.1) is 27.2 Å². The van der Waals surface area contributed by atoms with E-state index in [0.29, 0.717) is 24.5 Å². The quantitative estimate of drug-likeness (QED) is 0.596. The zero-order valence-electron chi connectivity index (χ0n) is 8.95. The molecular weight excluding hydrogens is 194 g/mol. The molecular formula is C11H15NO3. The average Bonchev–Trinajstić information content (AvgIpc) is 2.29. The van der Waals surface area contributed by atoms with Crippen LogP contribution in [0.5, 0.6) is 11.5 Å². The first kappa shape index (κ1) is 11.4. The van der Waals surface area contributed by atoms with Crippen LogP contribution in [0.25, 0.3) is 0 Å². The van der Waals surface area contributed by atoms with Gasteiger partial charge in [-0.15, -0.1) is 0 Å². The highest BCUT2D eigenvalue weighted by Crippen LogP contribution is 2.25. The summed E-state index contributed by atoms with van der Waals surface area (Å²) < 4.78 is 15.3. The fraction of sp³-hybridized carbons (Fsp3) is 0.364. The van der Waals surface area contributed by atoms with E-state index in [-0.39, 0.29) is 5.90 Å². The van der Waals surface area contributed by atoms with Crippen molar-refractivity contribution in [2.45, 2.75) is 6.42 Å². The smallest absolute Gasteiger partial charge is 0.183 e. The molecule has 0 saturated carbocycles. The lowest BCUT2D eigenvalue weighted by molar-refractivity contribution is 0.289. The summed E-state index contributed by atoms with van der Waals surface area (Å²) in [6, 6.07) is 7.41. The van der Waals surface area contributed by atoms with E-state index in [1.165, 1.54) is 7.11 Å². The molecule has 0 fully saturated rings. The average molecular weight is 209 g/mol. The first-order valence-electron chi connectivity index (χ1n) is 4.65. The zero-order valence-corrected chi connectivity index (χ0v) is 8.95. The molecule has 4 nitrogen and oxygen atoms in total. The molecule has 0 aliphatic carbocycles. The van der Waals surface area contributed by atoms with Crippen molar-refractivity contribution >= 4 is 5.90 Å². The van der Waals surface area contributed by atoms with Crippen molar-refractivity contribution < 1.29 is 14.2 Å². The van der Waals surface area contributed by atoms with E-state index in [9.17, 15) is 0 Å². The third-order valence-electron chi connectivity index (χ3n) is 1.90. The first-order valence-corrected chi connectivity index (χ1v) is 4.65. The third kappa shape index (κ3) is 3.50. The van der Waals surface area contributed by atoms with Crippen molar-refractivity contribution in [1.82, 2.24) is 0 Å². The predicted octanol–water partition coefficient (Wildman–Crippen LogP) is 2.09. The second kappa shape index (κ2) is 5.90. The molecule has 0 aromatic heterocycles. The molecule has 1 aromatic rings. The van der Waals surface area contributed by atoms with Crippen LogP contribution in [0, 0.1) is 5.41 Å². The minimum Gasteiger partial charge on any atom is -0.493 e. The van der Waals surface area contributed by atoms with E-state index in [1.807, 2.05) is 24.3 Å². The van der Waals surface area contributed by atoms with E-state index >= 15 is 0 Å². The fourth-order valence-corrected chi connectivity index (χ4v) is 1.09. The van der Waals surface area contributed by atoms with Crippen LogP contribution in [-0.4, -0.2) is 26.7 Å². The van der Waals surface area contributed by atoms with Gasteiger partial charge >= 0.3 is 0 Å². The lowest BCUT2D eigenvalue weighted by Gasteiger charge is -2.09. The molecule has 0 amide bonds. The van der Waals surface area contributed by atoms with Crippen LogP contribution in [0.15, 0.2) is 24.3 Å². The summed E-state index contributed by atoms with van der Waals surface area (Å²) in [6.07, 6.45) is 0.453. The van der Waals surface area contributed by atoms with Crippen LogP contribution in [-0.2, 0) is 4.74 Å². The highest BCUT2D eigenvalue weighted by Gasteiger charge is 2.02. The predicted molar refractivity (Wildman–Crippen MR) is 57.8 cm³/mol. The number of hydrogen-bond acceptors (Lipinski definition) is 4. The summed E-state index contributed by atoms with van der Waals surface area (Å²) in [6.45, 7) is 0.410. The second-order valence-electron chi connectivity index (χ2n) is 2.88. The van der Waals surface area contributed by atoms with Crippen molar-refractivity contribution in [3.05, 3.63) is 24.3 Å². The standard InChI is InChI=1S/C11H15NO3/c1-13-9-5-3-4-6-10(9)15-8-7-11(12)14-2/h3-6,12H,7-8H2,1-2H3. The number of methoxy groups -OCH3 is 2. The number of hydrogen-bond donors (Lipinski definition) is 1. The van der Waals surface area contributed by atoms with Crippen molar-refractivity contribution in [3.63, 3.8) is 0 Å². The van der Waals surface area contributed by atoms with Gasteiger partial charge in [0.1, 0.15) is 0 Å². The molecule has 1 N–H and O–H groups in total. The Balaban J connectivity index is 2.46. The van der Waals surface area contributed by atoms with Crippen molar-refractivity contribution in [3.8, 4) is 11.5 Å². The highest BCUT2D eigenvalue weighted by molar-refractivity contribution is 5.72. The van der Waals surface area contributed by atoms with Gasteiger partial charge in [-0.25, -0.2) is 0 Å². The van der Waals surface area contributed by atoms with Crippen molar-refractivity contribution in [2.75, 3.05) is 20.8 Å². The summed E-state index contributed by atoms with van der Waals surface area (Å²) in [5.74, 6) is 1.59. The lowest BCUT2D eigenvalue weighted by Crippen LogP contribution is -2.07. The summed E-state index contributed by atoms with van der Waals surface area (Å²) in [5, 5.41) is 7.27. The van der Waals surface area contributed by atoms with Crippen LogP contribution in [0.2, 0.25) is 0 Å². The Morgan fingerprint density at radius 1 is 1.20 bits per heavy atom. The molecule has 4 heteroatoms. The summed E-state index contributed by atoms with van der Waals surface area (Å²) in [7, 11) is 3.07. The molecule has 0 spiro atoms. The van der Waals surface area contributed by atoms with E-state index in [0.717, 1.165) is 0 Å². The van der Waals surface area contributed by atoms with Gasteiger partial charge in [0.15, 0.2) is 17.4 Å². The molecule has 0 atom stereocenters. The number of benzene rings is 1. The van der Waals surface area contributed by atoms with Crippen LogP contribution < -0.4 is 9.47 Å². The monoisotopic (exact) mass is 209 g/mol. The zero-order chi connectivity index (χ0) is 11.1. The topological polar surface area (TPSA) is 51.5 Å². The Hall–Kier alpha value is -1.71. The van der Waals surface area contributed by atoms with Gasteiger partial charge in [0, 0.05) is 0 Å². The molecule has 82 valence electrons. The van der Waals surface area contributed by atoms with E-state index in [4.69, 9.17) is 19.6 Å². The molecule has 1 aromatic carbocycles. The third-order valence-corrected chi connectivity index (χ3v) is 1.90. The van der Waals surface area contributed by atoms with Gasteiger partial charge < -0.3 is 14.2 Å². The maximum absolute atomic E-state index is 7.27. The van der Waals surface area contributed by atoms with Gasteiger partial charge in [-0.2, -0.15) is 0 Å². The SMILES string of the molecule is COC(=N)CCOc1ccccc1OC. The van der Waals surface area contributed by atoms with Crippen molar-refractivity contribution in [2.24, 2.45) is 0 Å². The maximum atomic E-state index is 7.27. The van der Waals surface area contributed by atoms with Crippen molar-refractivity contribution in [1.29, 1.82) is 5.41 Å². The van der Waals surface area contributed by atoms with Gasteiger partial charge in [0.25, 0.3) is 0 Å². The first-order chi connectivity index (χ1) is 7.27. The molecule has 1 rings (SSSR count). The molecule has 0 heterocycles. The van der Waals surface area contributed by atoms with E-state index in [1.54, 1.807) is 7.11 Å². The molecule has 0 aliphatic heterocycles. The largest absolute Gasteiger partial charge is 0.493 e. The Bertz CT molecular complexity index is 325. The summed E-state index contributed by atoms with van der Waals surface area (Å²) in [5.41, 5.74) is 0. The lowest BCUT2D eigenvalue weighted by atomic mass is 10.3. The minimum atomic E-state index is 0.213. The minimum absolute atomic E-state index is 0.213. The Kier molecular flexibility index (Phi) is 4.47. The summed E-state index contributed by atoms with van der Waals surface area (Å²) in [4.78, 5) is 0. The van der Waals surface area contributed by atoms with Crippen LogP contribution in [0.4, 0.5) is 0 Å². The van der Waals surface area contributed by atoms with Crippen LogP contribution >= 0.6 is 0 Å². The molecule has 0 saturated heterocycles. The van der Waals surface area contributed by atoms with Gasteiger partial charge in [-0.1, -0.05) is 12.1 Å². The van der Waals surface area contributed by atoms with E-state index < -0.39 is 0 Å². The Labute approximate surface area is 89.3 Å². The number of nitrogens with one attached hydrogen (secondary N) is 1. The van der Waals surface area contributed by atoms with Crippen LogP contribution in [0.1, 0.15) is 6.42 Å². The fourth-order valence-electron chi connectivity index (χ4n) is 1.09. The normalized spacial score (nSPS) is 9.47. The Morgan fingerprint density at radius 3 is 2.47 bits per heavy atom. The summed E-state index contributed by atoms with van der Waals surface area (Å²) >= 11 is 0. The maximum Gasteiger partial charge on any atom is 0.183 e. The molecule has 0 radical (unpaired) electrons. The Morgan fingerprint density at radius 2 is 1.87 bits per heavy atom. The molecule has 0 bridgehead atoms. The number of rotatable bonds is 5. The highest BCUT2D eigenvalue weighted by atomic mass is 16.5. The molecule has 15 heavy (non-hydrogen) atoms. The second-order valence-corrected chi connectivity index (χ2v) is 2.88. The van der Waals surface area contributed by atoms with Gasteiger partial charge in [0.2, 0.25) is 0 Å². The van der Waals surface area contributed by atoms with E-state index in [2.05, 4.69) is 0 Å².